The monoisotopic (exact) mass is 210 g/mol. The van der Waals surface area contributed by atoms with Crippen LogP contribution in [0.4, 0.5) is 0 Å². The van der Waals surface area contributed by atoms with E-state index in [-0.39, 0.29) is 5.57 Å². The van der Waals surface area contributed by atoms with E-state index in [4.69, 9.17) is 10.2 Å². The summed E-state index contributed by atoms with van der Waals surface area (Å²) in [6.45, 7) is 5.16. The van der Waals surface area contributed by atoms with Crippen molar-refractivity contribution >= 4 is 11.9 Å². The summed E-state index contributed by atoms with van der Waals surface area (Å²) in [4.78, 5) is 21.8. The van der Waals surface area contributed by atoms with E-state index in [1.165, 1.54) is 12.2 Å². The second kappa shape index (κ2) is 3.53. The van der Waals surface area contributed by atoms with Gasteiger partial charge in [-0.25, -0.2) is 4.79 Å². The molecule has 4 nitrogen and oxygen atoms in total. The minimum absolute atomic E-state index is 0.192. The third-order valence-corrected chi connectivity index (χ3v) is 3.10. The van der Waals surface area contributed by atoms with Crippen molar-refractivity contribution in [2.75, 3.05) is 0 Å². The van der Waals surface area contributed by atoms with Gasteiger partial charge in [-0.05, 0) is 6.92 Å². The van der Waals surface area contributed by atoms with Crippen molar-refractivity contribution in [2.24, 2.45) is 11.3 Å². The van der Waals surface area contributed by atoms with E-state index in [9.17, 15) is 9.59 Å². The molecule has 0 heterocycles. The van der Waals surface area contributed by atoms with E-state index in [0.29, 0.717) is 5.57 Å². The normalized spacial score (nSPS) is 24.1. The minimum atomic E-state index is -1.01. The Morgan fingerprint density at radius 1 is 1.33 bits per heavy atom. The third-order valence-electron chi connectivity index (χ3n) is 3.10. The summed E-state index contributed by atoms with van der Waals surface area (Å²) < 4.78 is 0. The molecule has 0 amide bonds. The number of carboxylic acids is 2. The number of aliphatic carboxylic acids is 2. The van der Waals surface area contributed by atoms with Crippen LogP contribution in [0.25, 0.3) is 0 Å². The molecule has 0 aromatic heterocycles. The van der Waals surface area contributed by atoms with Crippen LogP contribution in [-0.4, -0.2) is 22.2 Å². The van der Waals surface area contributed by atoms with Crippen LogP contribution in [0.15, 0.2) is 23.3 Å². The predicted molar refractivity (Wildman–Crippen MR) is 54.4 cm³/mol. The number of carboxylic acid groups (broad SMARTS) is 2. The second-order valence-corrected chi connectivity index (χ2v) is 4.24. The summed E-state index contributed by atoms with van der Waals surface area (Å²) in [7, 11) is 0. The predicted octanol–water partition coefficient (Wildman–Crippen LogP) is 1.68. The van der Waals surface area contributed by atoms with Crippen LogP contribution in [0.2, 0.25) is 0 Å². The van der Waals surface area contributed by atoms with Gasteiger partial charge in [0.25, 0.3) is 0 Å². The SMILES string of the molecule is CC1=C(C(=O)O)C=CC(C(=O)O)C1(C)C. The molecule has 0 bridgehead atoms. The van der Waals surface area contributed by atoms with E-state index in [2.05, 4.69) is 0 Å². The van der Waals surface area contributed by atoms with E-state index in [1.54, 1.807) is 20.8 Å². The number of rotatable bonds is 2. The summed E-state index contributed by atoms with van der Waals surface area (Å²) in [6, 6.07) is 0. The zero-order chi connectivity index (χ0) is 11.8. The molecule has 1 rings (SSSR count). The molecule has 0 aliphatic heterocycles. The molecule has 15 heavy (non-hydrogen) atoms. The van der Waals surface area contributed by atoms with Crippen LogP contribution < -0.4 is 0 Å². The minimum Gasteiger partial charge on any atom is -0.481 e. The fourth-order valence-electron chi connectivity index (χ4n) is 1.76. The Bertz CT molecular complexity index is 374. The highest BCUT2D eigenvalue weighted by Gasteiger charge is 2.39. The number of hydrogen-bond donors (Lipinski definition) is 2. The second-order valence-electron chi connectivity index (χ2n) is 4.24. The Balaban J connectivity index is 3.23. The van der Waals surface area contributed by atoms with Crippen LogP contribution in [-0.2, 0) is 9.59 Å². The molecule has 1 aliphatic rings. The van der Waals surface area contributed by atoms with Crippen molar-refractivity contribution in [2.45, 2.75) is 20.8 Å². The summed E-state index contributed by atoms with van der Waals surface area (Å²) in [5.41, 5.74) is 0.135. The van der Waals surface area contributed by atoms with Crippen LogP contribution in [0, 0.1) is 11.3 Å². The first kappa shape index (κ1) is 11.5. The lowest BCUT2D eigenvalue weighted by Gasteiger charge is -2.34. The van der Waals surface area contributed by atoms with E-state index < -0.39 is 23.3 Å². The molecule has 0 spiro atoms. The lowest BCUT2D eigenvalue weighted by molar-refractivity contribution is -0.143. The third kappa shape index (κ3) is 1.79. The fourth-order valence-corrected chi connectivity index (χ4v) is 1.76. The maximum absolute atomic E-state index is 11.0. The van der Waals surface area contributed by atoms with Crippen molar-refractivity contribution in [1.29, 1.82) is 0 Å². The van der Waals surface area contributed by atoms with E-state index in [0.717, 1.165) is 0 Å². The van der Waals surface area contributed by atoms with Gasteiger partial charge in [-0.1, -0.05) is 31.6 Å². The zero-order valence-corrected chi connectivity index (χ0v) is 8.94. The standard InChI is InChI=1S/C11H14O4/c1-6-7(9(12)13)4-5-8(10(14)15)11(6,2)3/h4-5,8H,1-3H3,(H,12,13)(H,14,15). The first-order valence-electron chi connectivity index (χ1n) is 4.64. The van der Waals surface area contributed by atoms with Crippen molar-refractivity contribution in [3.8, 4) is 0 Å². The summed E-state index contributed by atoms with van der Waals surface area (Å²) in [6.07, 6.45) is 2.82. The Hall–Kier alpha value is -1.58. The molecule has 1 atom stereocenters. The van der Waals surface area contributed by atoms with Gasteiger partial charge in [0.15, 0.2) is 0 Å². The van der Waals surface area contributed by atoms with Gasteiger partial charge in [0, 0.05) is 5.41 Å². The van der Waals surface area contributed by atoms with Crippen LogP contribution in [0.1, 0.15) is 20.8 Å². The highest BCUT2D eigenvalue weighted by molar-refractivity contribution is 5.92. The molecular formula is C11H14O4. The molecule has 0 saturated heterocycles. The number of carbonyl (C=O) groups is 2. The molecule has 1 aliphatic carbocycles. The molecule has 2 N–H and O–H groups in total. The lowest BCUT2D eigenvalue weighted by atomic mass is 9.69. The van der Waals surface area contributed by atoms with Crippen LogP contribution in [0.3, 0.4) is 0 Å². The highest BCUT2D eigenvalue weighted by Crippen LogP contribution is 2.41. The molecule has 82 valence electrons. The molecule has 0 radical (unpaired) electrons. The Morgan fingerprint density at radius 2 is 1.87 bits per heavy atom. The molecule has 0 saturated carbocycles. The molecule has 1 unspecified atom stereocenters. The van der Waals surface area contributed by atoms with Crippen molar-refractivity contribution < 1.29 is 19.8 Å². The largest absolute Gasteiger partial charge is 0.481 e. The fraction of sp³-hybridized carbons (Fsp3) is 0.455. The first-order chi connectivity index (χ1) is 6.78. The molecular weight excluding hydrogens is 196 g/mol. The van der Waals surface area contributed by atoms with Gasteiger partial charge < -0.3 is 10.2 Å². The number of allylic oxidation sites excluding steroid dienone is 1. The Morgan fingerprint density at radius 3 is 2.27 bits per heavy atom. The summed E-state index contributed by atoms with van der Waals surface area (Å²) in [5.74, 6) is -2.61. The topological polar surface area (TPSA) is 74.6 Å². The molecule has 0 aromatic carbocycles. The van der Waals surface area contributed by atoms with Crippen LogP contribution in [0.5, 0.6) is 0 Å². The lowest BCUT2D eigenvalue weighted by Crippen LogP contribution is -2.34. The smallest absolute Gasteiger partial charge is 0.335 e. The molecule has 4 heteroatoms. The van der Waals surface area contributed by atoms with Crippen molar-refractivity contribution in [3.63, 3.8) is 0 Å². The van der Waals surface area contributed by atoms with Crippen LogP contribution >= 0.6 is 0 Å². The van der Waals surface area contributed by atoms with Crippen molar-refractivity contribution in [3.05, 3.63) is 23.3 Å². The molecule has 0 fully saturated rings. The van der Waals surface area contributed by atoms with E-state index in [1.807, 2.05) is 0 Å². The summed E-state index contributed by atoms with van der Waals surface area (Å²) in [5, 5.41) is 17.9. The molecule has 0 aromatic rings. The average Bonchev–Trinajstić information content (AvgIpc) is 2.07. The first-order valence-corrected chi connectivity index (χ1v) is 4.64. The van der Waals surface area contributed by atoms with Gasteiger partial charge in [0.1, 0.15) is 0 Å². The van der Waals surface area contributed by atoms with Crippen molar-refractivity contribution in [1.82, 2.24) is 0 Å². The average molecular weight is 210 g/mol. The Kier molecular flexibility index (Phi) is 2.71. The van der Waals surface area contributed by atoms with Gasteiger partial charge in [-0.3, -0.25) is 4.79 Å². The number of hydrogen-bond acceptors (Lipinski definition) is 2. The Labute approximate surface area is 87.9 Å². The van der Waals surface area contributed by atoms with Gasteiger partial charge >= 0.3 is 11.9 Å². The van der Waals surface area contributed by atoms with Gasteiger partial charge in [0.2, 0.25) is 0 Å². The zero-order valence-electron chi connectivity index (χ0n) is 8.94. The maximum atomic E-state index is 11.0. The van der Waals surface area contributed by atoms with Gasteiger partial charge in [0.05, 0.1) is 11.5 Å². The van der Waals surface area contributed by atoms with Gasteiger partial charge in [-0.15, -0.1) is 0 Å². The highest BCUT2D eigenvalue weighted by atomic mass is 16.4. The van der Waals surface area contributed by atoms with Gasteiger partial charge in [-0.2, -0.15) is 0 Å². The maximum Gasteiger partial charge on any atom is 0.335 e. The quantitative estimate of drug-likeness (QED) is 0.727. The van der Waals surface area contributed by atoms with E-state index >= 15 is 0 Å². The summed E-state index contributed by atoms with van der Waals surface area (Å²) >= 11 is 0.